The highest BCUT2D eigenvalue weighted by atomic mass is 32.2. The van der Waals surface area contributed by atoms with Gasteiger partial charge in [0, 0.05) is 18.8 Å². The maximum Gasteiger partial charge on any atom is 0.262 e. The normalized spacial score (nSPS) is 15.5. The summed E-state index contributed by atoms with van der Waals surface area (Å²) in [6, 6.07) is 13.4. The number of para-hydroxylation sites is 2. The highest BCUT2D eigenvalue weighted by Gasteiger charge is 2.27. The van der Waals surface area contributed by atoms with E-state index >= 15 is 0 Å². The van der Waals surface area contributed by atoms with E-state index in [1.807, 2.05) is 13.0 Å². The highest BCUT2D eigenvalue weighted by molar-refractivity contribution is 7.89. The minimum absolute atomic E-state index is 0.184. The van der Waals surface area contributed by atoms with Gasteiger partial charge in [-0.05, 0) is 62.1 Å². The molecule has 0 unspecified atom stereocenters. The Labute approximate surface area is 178 Å². The first-order valence-corrected chi connectivity index (χ1v) is 11.6. The molecule has 30 heavy (non-hydrogen) atoms. The summed E-state index contributed by atoms with van der Waals surface area (Å²) >= 11 is 0. The van der Waals surface area contributed by atoms with Crippen LogP contribution in [0.15, 0.2) is 53.4 Å². The first-order chi connectivity index (χ1) is 14.4. The van der Waals surface area contributed by atoms with Gasteiger partial charge < -0.3 is 14.8 Å². The molecule has 0 aromatic heterocycles. The quantitative estimate of drug-likeness (QED) is 0.690. The number of rotatable bonds is 8. The zero-order valence-electron chi connectivity index (χ0n) is 17.3. The van der Waals surface area contributed by atoms with Gasteiger partial charge in [-0.3, -0.25) is 4.79 Å². The lowest BCUT2D eigenvalue weighted by molar-refractivity contribution is -0.118. The largest absolute Gasteiger partial charge is 0.490 e. The number of benzene rings is 2. The van der Waals surface area contributed by atoms with Gasteiger partial charge in [0.05, 0.1) is 11.5 Å². The third kappa shape index (κ3) is 5.52. The number of nitrogens with zero attached hydrogens (tertiary/aromatic N) is 1. The molecule has 0 radical (unpaired) electrons. The van der Waals surface area contributed by atoms with Crippen LogP contribution in [-0.4, -0.2) is 44.9 Å². The van der Waals surface area contributed by atoms with E-state index < -0.39 is 10.0 Å². The van der Waals surface area contributed by atoms with Gasteiger partial charge in [0.15, 0.2) is 18.1 Å². The van der Waals surface area contributed by atoms with Crippen LogP contribution >= 0.6 is 0 Å². The smallest absolute Gasteiger partial charge is 0.262 e. The van der Waals surface area contributed by atoms with E-state index in [-0.39, 0.29) is 17.4 Å². The van der Waals surface area contributed by atoms with Crippen LogP contribution in [0.4, 0.5) is 5.69 Å². The summed E-state index contributed by atoms with van der Waals surface area (Å²) in [5.74, 6) is 1.28. The molecule has 1 aliphatic rings. The van der Waals surface area contributed by atoms with Crippen LogP contribution < -0.4 is 14.8 Å². The van der Waals surface area contributed by atoms with E-state index in [1.165, 1.54) is 16.4 Å². The first-order valence-electron chi connectivity index (χ1n) is 10.1. The van der Waals surface area contributed by atoms with Gasteiger partial charge in [-0.1, -0.05) is 19.1 Å². The molecule has 3 rings (SSSR count). The summed E-state index contributed by atoms with van der Waals surface area (Å²) in [6.45, 7) is 5.42. The van der Waals surface area contributed by atoms with Crippen molar-refractivity contribution in [3.63, 3.8) is 0 Å². The van der Waals surface area contributed by atoms with E-state index in [0.717, 1.165) is 12.8 Å². The Morgan fingerprint density at radius 1 is 1.03 bits per heavy atom. The van der Waals surface area contributed by atoms with Crippen molar-refractivity contribution in [1.29, 1.82) is 0 Å². The molecule has 0 saturated carbocycles. The predicted octanol–water partition coefficient (Wildman–Crippen LogP) is 3.52. The summed E-state index contributed by atoms with van der Waals surface area (Å²) in [5.41, 5.74) is 0.507. The Kier molecular flexibility index (Phi) is 7.33. The van der Waals surface area contributed by atoms with Gasteiger partial charge >= 0.3 is 0 Å². The molecule has 162 valence electrons. The molecule has 0 bridgehead atoms. The maximum absolute atomic E-state index is 12.8. The fourth-order valence-electron chi connectivity index (χ4n) is 3.27. The monoisotopic (exact) mass is 432 g/mol. The summed E-state index contributed by atoms with van der Waals surface area (Å²) < 4.78 is 38.1. The lowest BCUT2D eigenvalue weighted by Crippen LogP contribution is -2.37. The standard InChI is InChI=1S/C22H28N2O5S/c1-3-28-20-6-4-5-7-21(20)29-16-22(25)23-18-8-10-19(11-9-18)30(26,27)24-14-12-17(2)13-15-24/h4-11,17H,3,12-16H2,1-2H3,(H,23,25). The zero-order valence-corrected chi connectivity index (χ0v) is 18.2. The van der Waals surface area contributed by atoms with Crippen molar-refractivity contribution in [3.05, 3.63) is 48.5 Å². The molecular weight excluding hydrogens is 404 g/mol. The number of hydrogen-bond acceptors (Lipinski definition) is 5. The van der Waals surface area contributed by atoms with Crippen LogP contribution in [0.2, 0.25) is 0 Å². The summed E-state index contributed by atoms with van der Waals surface area (Å²) in [4.78, 5) is 12.4. The number of ether oxygens (including phenoxy) is 2. The van der Waals surface area contributed by atoms with Crippen LogP contribution in [0.25, 0.3) is 0 Å². The van der Waals surface area contributed by atoms with E-state index in [1.54, 1.807) is 30.3 Å². The number of hydrogen-bond donors (Lipinski definition) is 1. The van der Waals surface area contributed by atoms with Crippen molar-refractivity contribution in [1.82, 2.24) is 4.31 Å². The van der Waals surface area contributed by atoms with E-state index in [2.05, 4.69) is 12.2 Å². The number of anilines is 1. The second kappa shape index (κ2) is 9.95. The van der Waals surface area contributed by atoms with Crippen LogP contribution in [0, 0.1) is 5.92 Å². The van der Waals surface area contributed by atoms with Crippen molar-refractivity contribution in [2.45, 2.75) is 31.6 Å². The highest BCUT2D eigenvalue weighted by Crippen LogP contribution is 2.27. The second-order valence-corrected chi connectivity index (χ2v) is 9.27. The number of carbonyl (C=O) groups excluding carboxylic acids is 1. The van der Waals surface area contributed by atoms with Crippen molar-refractivity contribution >= 4 is 21.6 Å². The topological polar surface area (TPSA) is 84.9 Å². The molecule has 2 aromatic carbocycles. The molecule has 0 spiro atoms. The Bertz CT molecular complexity index is 952. The number of carbonyl (C=O) groups is 1. The van der Waals surface area contributed by atoms with Crippen LogP contribution in [0.5, 0.6) is 11.5 Å². The lowest BCUT2D eigenvalue weighted by Gasteiger charge is -2.29. The number of nitrogens with one attached hydrogen (secondary N) is 1. The van der Waals surface area contributed by atoms with Crippen LogP contribution in [0.3, 0.4) is 0 Å². The van der Waals surface area contributed by atoms with Gasteiger partial charge in [-0.25, -0.2) is 8.42 Å². The van der Waals surface area contributed by atoms with Crippen molar-refractivity contribution in [2.24, 2.45) is 5.92 Å². The molecule has 1 fully saturated rings. The summed E-state index contributed by atoms with van der Waals surface area (Å²) in [6.07, 6.45) is 1.75. The minimum atomic E-state index is -3.51. The molecule has 8 heteroatoms. The van der Waals surface area contributed by atoms with Gasteiger partial charge in [-0.2, -0.15) is 4.31 Å². The average Bonchev–Trinajstić information content (AvgIpc) is 2.74. The SMILES string of the molecule is CCOc1ccccc1OCC(=O)Nc1ccc(S(=O)(=O)N2CCC(C)CC2)cc1. The third-order valence-corrected chi connectivity index (χ3v) is 6.94. The molecule has 1 heterocycles. The Morgan fingerprint density at radius 3 is 2.23 bits per heavy atom. The molecule has 7 nitrogen and oxygen atoms in total. The lowest BCUT2D eigenvalue weighted by atomic mass is 10.0. The number of amides is 1. The zero-order chi connectivity index (χ0) is 21.6. The van der Waals surface area contributed by atoms with E-state index in [4.69, 9.17) is 9.47 Å². The molecule has 1 amide bonds. The average molecular weight is 433 g/mol. The predicted molar refractivity (Wildman–Crippen MR) is 115 cm³/mol. The third-order valence-electron chi connectivity index (χ3n) is 5.03. The Hall–Kier alpha value is -2.58. The first kappa shape index (κ1) is 22.1. The van der Waals surface area contributed by atoms with Gasteiger partial charge in [0.2, 0.25) is 10.0 Å². The molecule has 0 aliphatic carbocycles. The minimum Gasteiger partial charge on any atom is -0.490 e. The van der Waals surface area contributed by atoms with Crippen LogP contribution in [0.1, 0.15) is 26.7 Å². The summed E-state index contributed by atoms with van der Waals surface area (Å²) in [5, 5.41) is 2.71. The fraction of sp³-hybridized carbons (Fsp3) is 0.409. The Morgan fingerprint density at radius 2 is 1.63 bits per heavy atom. The molecule has 1 N–H and O–H groups in total. The van der Waals surface area contributed by atoms with E-state index in [9.17, 15) is 13.2 Å². The number of piperidine rings is 1. The second-order valence-electron chi connectivity index (χ2n) is 7.33. The Balaban J connectivity index is 1.57. The number of sulfonamides is 1. The molecular formula is C22H28N2O5S. The van der Waals surface area contributed by atoms with Crippen molar-refractivity contribution in [3.8, 4) is 11.5 Å². The van der Waals surface area contributed by atoms with Gasteiger partial charge in [-0.15, -0.1) is 0 Å². The fourth-order valence-corrected chi connectivity index (χ4v) is 4.74. The molecule has 1 saturated heterocycles. The summed E-state index contributed by atoms with van der Waals surface area (Å²) in [7, 11) is -3.51. The molecule has 1 aliphatic heterocycles. The van der Waals surface area contributed by atoms with Crippen molar-refractivity contribution < 1.29 is 22.7 Å². The molecule has 0 atom stereocenters. The maximum atomic E-state index is 12.8. The van der Waals surface area contributed by atoms with Gasteiger partial charge in [0.25, 0.3) is 5.91 Å². The molecule has 2 aromatic rings. The van der Waals surface area contributed by atoms with Gasteiger partial charge in [0.1, 0.15) is 0 Å². The van der Waals surface area contributed by atoms with Crippen LogP contribution in [-0.2, 0) is 14.8 Å². The van der Waals surface area contributed by atoms with E-state index in [0.29, 0.717) is 42.8 Å². The van der Waals surface area contributed by atoms with Crippen molar-refractivity contribution in [2.75, 3.05) is 31.6 Å².